The quantitative estimate of drug-likeness (QED) is 0.839. The van der Waals surface area contributed by atoms with Crippen molar-refractivity contribution >= 4 is 17.9 Å². The number of aromatic nitrogens is 3. The number of piperidine rings is 1. The molecule has 1 saturated heterocycles. The Morgan fingerprint density at radius 2 is 2.20 bits per heavy atom. The van der Waals surface area contributed by atoms with Crippen LogP contribution in [0.5, 0.6) is 0 Å². The van der Waals surface area contributed by atoms with E-state index in [1.807, 2.05) is 13.8 Å². The number of anilines is 1. The van der Waals surface area contributed by atoms with Crippen molar-refractivity contribution in [2.45, 2.75) is 32.7 Å². The van der Waals surface area contributed by atoms with E-state index in [9.17, 15) is 14.7 Å². The third kappa shape index (κ3) is 2.59. The zero-order valence-corrected chi connectivity index (χ0v) is 11.8. The number of aryl methyl sites for hydroxylation is 1. The molecular formula is C12H19N5O3. The minimum absolute atomic E-state index is 0.294. The van der Waals surface area contributed by atoms with Crippen LogP contribution in [0.1, 0.15) is 26.7 Å². The van der Waals surface area contributed by atoms with Gasteiger partial charge in [-0.05, 0) is 18.3 Å². The number of nitrogens with zero attached hydrogens (tertiary/aromatic N) is 4. The Morgan fingerprint density at radius 3 is 2.75 bits per heavy atom. The lowest BCUT2D eigenvalue weighted by atomic mass is 9.76. The molecule has 2 rings (SSSR count). The van der Waals surface area contributed by atoms with Crippen LogP contribution in [0.3, 0.4) is 0 Å². The predicted octanol–water partition coefficient (Wildman–Crippen LogP) is 0.922. The van der Waals surface area contributed by atoms with Crippen LogP contribution in [-0.4, -0.2) is 49.4 Å². The van der Waals surface area contributed by atoms with Gasteiger partial charge in [-0.15, -0.1) is 0 Å². The summed E-state index contributed by atoms with van der Waals surface area (Å²) in [6, 6.07) is -1.30. The molecule has 20 heavy (non-hydrogen) atoms. The van der Waals surface area contributed by atoms with Crippen LogP contribution in [0.2, 0.25) is 0 Å². The van der Waals surface area contributed by atoms with Crippen LogP contribution < -0.4 is 5.32 Å². The summed E-state index contributed by atoms with van der Waals surface area (Å²) in [5.41, 5.74) is -0.457. The van der Waals surface area contributed by atoms with Gasteiger partial charge in [0.2, 0.25) is 5.95 Å². The topological polar surface area (TPSA) is 100 Å². The van der Waals surface area contributed by atoms with Crippen LogP contribution in [-0.2, 0) is 11.8 Å². The maximum absolute atomic E-state index is 12.3. The summed E-state index contributed by atoms with van der Waals surface area (Å²) in [5.74, 6) is -0.690. The highest BCUT2D eigenvalue weighted by Gasteiger charge is 2.44. The largest absolute Gasteiger partial charge is 0.480 e. The average molecular weight is 281 g/mol. The summed E-state index contributed by atoms with van der Waals surface area (Å²) in [4.78, 5) is 29.1. The summed E-state index contributed by atoms with van der Waals surface area (Å²) >= 11 is 0. The number of amides is 2. The van der Waals surface area contributed by atoms with E-state index >= 15 is 0 Å². The molecule has 0 aliphatic carbocycles. The van der Waals surface area contributed by atoms with E-state index in [4.69, 9.17) is 0 Å². The summed E-state index contributed by atoms with van der Waals surface area (Å²) < 4.78 is 1.42. The molecule has 0 bridgehead atoms. The Balaban J connectivity index is 2.19. The van der Waals surface area contributed by atoms with Gasteiger partial charge in [-0.2, -0.15) is 10.1 Å². The van der Waals surface area contributed by atoms with Gasteiger partial charge in [0.05, 0.1) is 0 Å². The second-order valence-electron chi connectivity index (χ2n) is 5.66. The molecule has 8 nitrogen and oxygen atoms in total. The SMILES string of the molecule is Cn1ncnc1NC(=O)N1CCCC(C)(C)C1C(=O)O. The number of aliphatic carboxylic acids is 1. The molecule has 1 aliphatic rings. The lowest BCUT2D eigenvalue weighted by Crippen LogP contribution is -2.57. The lowest BCUT2D eigenvalue weighted by molar-refractivity contribution is -0.148. The van der Waals surface area contributed by atoms with E-state index in [2.05, 4.69) is 15.4 Å². The third-order valence-electron chi connectivity index (χ3n) is 3.70. The Labute approximate surface area is 116 Å². The van der Waals surface area contributed by atoms with Gasteiger partial charge in [0.25, 0.3) is 0 Å². The number of carboxylic acid groups (broad SMARTS) is 1. The molecule has 1 fully saturated rings. The first-order chi connectivity index (χ1) is 9.33. The van der Waals surface area contributed by atoms with E-state index in [1.165, 1.54) is 15.9 Å². The normalized spacial score (nSPS) is 21.6. The molecule has 2 amide bonds. The lowest BCUT2D eigenvalue weighted by Gasteiger charge is -2.43. The van der Waals surface area contributed by atoms with Gasteiger partial charge in [-0.3, -0.25) is 5.32 Å². The van der Waals surface area contributed by atoms with Crippen LogP contribution in [0.4, 0.5) is 10.7 Å². The Morgan fingerprint density at radius 1 is 1.50 bits per heavy atom. The highest BCUT2D eigenvalue weighted by Crippen LogP contribution is 2.35. The predicted molar refractivity (Wildman–Crippen MR) is 71.2 cm³/mol. The number of carboxylic acids is 1. The number of urea groups is 1. The highest BCUT2D eigenvalue weighted by molar-refractivity contribution is 5.91. The van der Waals surface area contributed by atoms with Crippen LogP contribution >= 0.6 is 0 Å². The molecule has 0 spiro atoms. The minimum atomic E-state index is -0.984. The van der Waals surface area contributed by atoms with Crippen LogP contribution in [0, 0.1) is 5.41 Å². The van der Waals surface area contributed by atoms with Gasteiger partial charge in [0, 0.05) is 13.6 Å². The second kappa shape index (κ2) is 5.10. The molecule has 1 aromatic rings. The fraction of sp³-hybridized carbons (Fsp3) is 0.667. The highest BCUT2D eigenvalue weighted by atomic mass is 16.4. The molecule has 0 saturated carbocycles. The maximum Gasteiger partial charge on any atom is 0.327 e. The molecule has 8 heteroatoms. The monoisotopic (exact) mass is 281 g/mol. The van der Waals surface area contributed by atoms with Gasteiger partial charge in [-0.25, -0.2) is 14.3 Å². The first-order valence-corrected chi connectivity index (χ1v) is 6.47. The van der Waals surface area contributed by atoms with Crippen LogP contribution in [0.15, 0.2) is 6.33 Å². The standard InChI is InChI=1S/C12H19N5O3/c1-12(2)5-4-6-17(8(12)9(18)19)11(20)15-10-13-7-14-16(10)3/h7-8H,4-6H2,1-3H3,(H,18,19)(H,13,14,15,20). The van der Waals surface area contributed by atoms with Gasteiger partial charge in [-0.1, -0.05) is 13.8 Å². The molecule has 0 aromatic carbocycles. The molecule has 1 unspecified atom stereocenters. The molecular weight excluding hydrogens is 262 g/mol. The van der Waals surface area contributed by atoms with Crippen molar-refractivity contribution in [3.05, 3.63) is 6.33 Å². The molecule has 110 valence electrons. The zero-order chi connectivity index (χ0) is 14.9. The third-order valence-corrected chi connectivity index (χ3v) is 3.70. The fourth-order valence-electron chi connectivity index (χ4n) is 2.66. The van der Waals surface area contributed by atoms with Gasteiger partial charge in [0.15, 0.2) is 0 Å². The average Bonchev–Trinajstić information content (AvgIpc) is 2.72. The molecule has 1 aliphatic heterocycles. The van der Waals surface area contributed by atoms with Crippen molar-refractivity contribution in [1.82, 2.24) is 19.7 Å². The van der Waals surface area contributed by atoms with Crippen molar-refractivity contribution in [3.63, 3.8) is 0 Å². The number of carbonyl (C=O) groups excluding carboxylic acids is 1. The molecule has 0 radical (unpaired) electrons. The van der Waals surface area contributed by atoms with Crippen molar-refractivity contribution < 1.29 is 14.7 Å². The molecule has 1 atom stereocenters. The van der Waals surface area contributed by atoms with Gasteiger partial charge >= 0.3 is 12.0 Å². The van der Waals surface area contributed by atoms with Crippen LogP contribution in [0.25, 0.3) is 0 Å². The summed E-state index contributed by atoms with van der Waals surface area (Å²) in [7, 11) is 1.65. The first kappa shape index (κ1) is 14.3. The summed E-state index contributed by atoms with van der Waals surface area (Å²) in [6.45, 7) is 4.16. The van der Waals surface area contributed by atoms with Crippen molar-refractivity contribution in [1.29, 1.82) is 0 Å². The fourth-order valence-corrected chi connectivity index (χ4v) is 2.66. The van der Waals surface area contributed by atoms with Gasteiger partial charge in [0.1, 0.15) is 12.4 Å². The first-order valence-electron chi connectivity index (χ1n) is 6.47. The van der Waals surface area contributed by atoms with Gasteiger partial charge < -0.3 is 10.0 Å². The number of carbonyl (C=O) groups is 2. The molecule has 2 N–H and O–H groups in total. The Kier molecular flexibility index (Phi) is 3.65. The van der Waals surface area contributed by atoms with E-state index in [1.54, 1.807) is 7.05 Å². The van der Waals surface area contributed by atoms with Crippen molar-refractivity contribution in [2.24, 2.45) is 12.5 Å². The maximum atomic E-state index is 12.3. The Bertz CT molecular complexity index is 525. The Hall–Kier alpha value is -2.12. The van der Waals surface area contributed by atoms with E-state index in [0.717, 1.165) is 12.8 Å². The number of hydrogen-bond acceptors (Lipinski definition) is 4. The van der Waals surface area contributed by atoms with E-state index in [-0.39, 0.29) is 0 Å². The molecule has 2 heterocycles. The minimum Gasteiger partial charge on any atom is -0.480 e. The zero-order valence-electron chi connectivity index (χ0n) is 11.8. The second-order valence-corrected chi connectivity index (χ2v) is 5.66. The van der Waals surface area contributed by atoms with Crippen molar-refractivity contribution in [2.75, 3.05) is 11.9 Å². The molecule has 1 aromatic heterocycles. The van der Waals surface area contributed by atoms with E-state index < -0.39 is 23.5 Å². The summed E-state index contributed by atoms with van der Waals surface area (Å²) in [6.07, 6.45) is 2.88. The number of hydrogen-bond donors (Lipinski definition) is 2. The number of nitrogens with one attached hydrogen (secondary N) is 1. The number of likely N-dealkylation sites (tertiary alicyclic amines) is 1. The van der Waals surface area contributed by atoms with Crippen molar-refractivity contribution in [3.8, 4) is 0 Å². The summed E-state index contributed by atoms with van der Waals surface area (Å²) in [5, 5.41) is 15.9. The number of rotatable bonds is 2. The van der Waals surface area contributed by atoms with E-state index in [0.29, 0.717) is 12.5 Å². The smallest absolute Gasteiger partial charge is 0.327 e.